The van der Waals surface area contributed by atoms with Crippen LogP contribution in [0.3, 0.4) is 0 Å². The molecule has 0 aliphatic carbocycles. The standard InChI is InChI=1S/C70H123N2O7P/c1-7-10-13-16-19-22-25-28-30-32-34-35-36-37-39-41-43-45-48-51-54-57-60-63-70(74)79-68(61-58-55-52-49-46-27-24-21-18-15-12-9-3)67(66-78-80(75,76)77-65-64-72(4,5)6)71-69(73)62-59-56-53-50-47-44-42-40-38-33-31-29-26-23-20-17-14-11-8-2/h11,14,19-20,22-23,28-31,38,40,44,47,53,56,58,61,67-68H,7-10,12-13,15-18,21,24-27,32-37,39,41-43,45-46,48-52,54-55,57,59-60,62-66H2,1-6H3,(H-,71,73,75,76)/p+1/b14-11-,22-19-,23-20-,30-28-,31-29-,40-38-,47-44-,56-53-,61-58+. The molecule has 3 atom stereocenters. The van der Waals surface area contributed by atoms with Crippen molar-refractivity contribution in [2.75, 3.05) is 40.9 Å². The van der Waals surface area contributed by atoms with Crippen LogP contribution in [0.4, 0.5) is 0 Å². The second-order valence-electron chi connectivity index (χ2n) is 22.9. The summed E-state index contributed by atoms with van der Waals surface area (Å²) in [6.45, 7) is 6.82. The van der Waals surface area contributed by atoms with Gasteiger partial charge < -0.3 is 19.4 Å². The summed E-state index contributed by atoms with van der Waals surface area (Å²) in [5.41, 5.74) is 0. The van der Waals surface area contributed by atoms with Crippen LogP contribution in [0.25, 0.3) is 0 Å². The smallest absolute Gasteiger partial charge is 0.456 e. The number of hydrogen-bond donors (Lipinski definition) is 2. The van der Waals surface area contributed by atoms with Crippen LogP contribution in [0.5, 0.6) is 0 Å². The molecule has 0 spiro atoms. The Balaban J connectivity index is 5.27. The zero-order chi connectivity index (χ0) is 58.6. The lowest BCUT2D eigenvalue weighted by Gasteiger charge is -2.27. The van der Waals surface area contributed by atoms with E-state index in [9.17, 15) is 19.0 Å². The molecule has 0 fully saturated rings. The normalized spacial score (nSPS) is 14.3. The summed E-state index contributed by atoms with van der Waals surface area (Å²) in [5, 5.41) is 3.01. The van der Waals surface area contributed by atoms with E-state index in [2.05, 4.69) is 117 Å². The van der Waals surface area contributed by atoms with Crippen molar-refractivity contribution < 1.29 is 37.3 Å². The Hall–Kier alpha value is -3.33. The van der Waals surface area contributed by atoms with E-state index in [1.54, 1.807) is 0 Å². The molecule has 3 unspecified atom stereocenters. The minimum absolute atomic E-state index is 0.0220. The van der Waals surface area contributed by atoms with E-state index in [0.29, 0.717) is 17.4 Å². The predicted molar refractivity (Wildman–Crippen MR) is 346 cm³/mol. The molecular weight excluding hydrogens is 1010 g/mol. The van der Waals surface area contributed by atoms with Crippen LogP contribution in [0.1, 0.15) is 271 Å². The molecule has 0 bridgehead atoms. The van der Waals surface area contributed by atoms with Gasteiger partial charge in [0.15, 0.2) is 0 Å². The molecule has 0 aliphatic heterocycles. The Bertz CT molecular complexity index is 1740. The molecule has 1 amide bonds. The van der Waals surface area contributed by atoms with Gasteiger partial charge in [-0.25, -0.2) is 4.57 Å². The zero-order valence-electron chi connectivity index (χ0n) is 52.5. The quantitative estimate of drug-likeness (QED) is 0.0205. The minimum atomic E-state index is -4.48. The topological polar surface area (TPSA) is 111 Å². The maximum Gasteiger partial charge on any atom is 0.472 e. The first kappa shape index (κ1) is 76.7. The van der Waals surface area contributed by atoms with Gasteiger partial charge in [-0.2, -0.15) is 0 Å². The first-order valence-electron chi connectivity index (χ1n) is 32.7. The van der Waals surface area contributed by atoms with Gasteiger partial charge in [-0.1, -0.05) is 265 Å². The van der Waals surface area contributed by atoms with Crippen LogP contribution in [0.15, 0.2) is 109 Å². The molecule has 0 saturated carbocycles. The molecule has 10 heteroatoms. The molecule has 0 aromatic carbocycles. The Morgan fingerprint density at radius 2 is 0.812 bits per heavy atom. The first-order valence-corrected chi connectivity index (χ1v) is 34.2. The van der Waals surface area contributed by atoms with Crippen molar-refractivity contribution >= 4 is 19.7 Å². The second-order valence-corrected chi connectivity index (χ2v) is 24.4. The van der Waals surface area contributed by atoms with Gasteiger partial charge in [0.25, 0.3) is 0 Å². The number of carbonyl (C=O) groups excluding carboxylic acids is 2. The molecule has 0 heterocycles. The SMILES string of the molecule is CC/C=C\C/C=C\C/C=C\C/C=C\C/C=C\C/C=C\CCC(=O)NC(COP(=O)(O)OCC[N+](C)(C)C)C(/C=C/CCCCCCCCCCCC)OC(=O)CCCCCCCCCCCCCCC/C=C\C/C=C\CCCCC. The highest BCUT2D eigenvalue weighted by atomic mass is 31.2. The number of ether oxygens (including phenoxy) is 1. The monoisotopic (exact) mass is 1140 g/mol. The highest BCUT2D eigenvalue weighted by Crippen LogP contribution is 2.43. The van der Waals surface area contributed by atoms with Crippen LogP contribution in [-0.4, -0.2) is 74.3 Å². The molecule has 0 radical (unpaired) electrons. The number of nitrogens with zero attached hydrogens (tertiary/aromatic N) is 1. The number of hydrogen-bond acceptors (Lipinski definition) is 6. The number of esters is 1. The van der Waals surface area contributed by atoms with Gasteiger partial charge in [0.2, 0.25) is 5.91 Å². The molecule has 0 aromatic heterocycles. The summed E-state index contributed by atoms with van der Waals surface area (Å²) in [6, 6.07) is -0.895. The molecule has 2 N–H and O–H groups in total. The van der Waals surface area contributed by atoms with Crippen LogP contribution in [-0.2, 0) is 27.9 Å². The number of unbranched alkanes of at least 4 members (excludes halogenated alkanes) is 26. The maximum atomic E-state index is 13.5. The average Bonchev–Trinajstić information content (AvgIpc) is 3.42. The van der Waals surface area contributed by atoms with Gasteiger partial charge in [0, 0.05) is 12.8 Å². The number of rotatable bonds is 58. The number of carbonyl (C=O) groups is 2. The number of allylic oxidation sites excluding steroid dienone is 17. The lowest BCUT2D eigenvalue weighted by atomic mass is 10.0. The fraction of sp³-hybridized carbons (Fsp3) is 0.714. The minimum Gasteiger partial charge on any atom is -0.456 e. The third kappa shape index (κ3) is 59.3. The molecule has 80 heavy (non-hydrogen) atoms. The molecule has 0 aliphatic rings. The van der Waals surface area contributed by atoms with Crippen molar-refractivity contribution in [1.29, 1.82) is 0 Å². The Morgan fingerprint density at radius 1 is 0.450 bits per heavy atom. The molecule has 9 nitrogen and oxygen atoms in total. The summed E-state index contributed by atoms with van der Waals surface area (Å²) < 4.78 is 30.7. The second kappa shape index (κ2) is 58.9. The number of phosphoric acid groups is 1. The lowest BCUT2D eigenvalue weighted by Crippen LogP contribution is -2.47. The van der Waals surface area contributed by atoms with Crippen molar-refractivity contribution in [2.45, 2.75) is 283 Å². The summed E-state index contributed by atoms with van der Waals surface area (Å²) >= 11 is 0. The van der Waals surface area contributed by atoms with Crippen molar-refractivity contribution in [2.24, 2.45) is 0 Å². The van der Waals surface area contributed by atoms with Crippen molar-refractivity contribution in [1.82, 2.24) is 5.32 Å². The molecule has 0 aromatic rings. The Kier molecular flexibility index (Phi) is 56.4. The largest absolute Gasteiger partial charge is 0.472 e. The summed E-state index contributed by atoms with van der Waals surface area (Å²) in [5.74, 6) is -0.605. The molecular formula is C70H124N2O7P+. The van der Waals surface area contributed by atoms with Gasteiger partial charge in [0.1, 0.15) is 19.3 Å². The van der Waals surface area contributed by atoms with E-state index in [1.807, 2.05) is 39.4 Å². The fourth-order valence-electron chi connectivity index (χ4n) is 8.93. The van der Waals surface area contributed by atoms with Gasteiger partial charge >= 0.3 is 13.8 Å². The summed E-state index contributed by atoms with van der Waals surface area (Å²) in [4.78, 5) is 37.7. The summed E-state index contributed by atoms with van der Waals surface area (Å²) in [6.07, 6.45) is 81.1. The van der Waals surface area contributed by atoms with Crippen molar-refractivity contribution in [3.63, 3.8) is 0 Å². The number of likely N-dealkylation sites (N-methyl/N-ethyl adjacent to an activating group) is 1. The van der Waals surface area contributed by atoms with Gasteiger partial charge in [0.05, 0.1) is 33.8 Å². The molecule has 460 valence electrons. The third-order valence-electron chi connectivity index (χ3n) is 14.0. The highest BCUT2D eigenvalue weighted by Gasteiger charge is 2.30. The molecule has 0 rings (SSSR count). The number of quaternary nitrogens is 1. The first-order chi connectivity index (χ1) is 38.9. The number of nitrogens with one attached hydrogen (secondary N) is 1. The Morgan fingerprint density at radius 3 is 1.25 bits per heavy atom. The van der Waals surface area contributed by atoms with E-state index in [-0.39, 0.29) is 37.9 Å². The zero-order valence-corrected chi connectivity index (χ0v) is 53.4. The van der Waals surface area contributed by atoms with E-state index >= 15 is 0 Å². The summed E-state index contributed by atoms with van der Waals surface area (Å²) in [7, 11) is 1.44. The van der Waals surface area contributed by atoms with Crippen LogP contribution in [0, 0.1) is 0 Å². The van der Waals surface area contributed by atoms with Gasteiger partial charge in [-0.05, 0) is 102 Å². The third-order valence-corrected chi connectivity index (χ3v) is 14.9. The fourth-order valence-corrected chi connectivity index (χ4v) is 9.67. The van der Waals surface area contributed by atoms with E-state index < -0.39 is 20.0 Å². The van der Waals surface area contributed by atoms with Crippen LogP contribution < -0.4 is 5.32 Å². The Labute approximate surface area is 493 Å². The maximum absolute atomic E-state index is 13.5. The lowest BCUT2D eigenvalue weighted by molar-refractivity contribution is -0.870. The predicted octanol–water partition coefficient (Wildman–Crippen LogP) is 20.5. The van der Waals surface area contributed by atoms with E-state index in [1.165, 1.54) is 148 Å². The molecule has 0 saturated heterocycles. The highest BCUT2D eigenvalue weighted by molar-refractivity contribution is 7.47. The van der Waals surface area contributed by atoms with Crippen LogP contribution in [0.2, 0.25) is 0 Å². The van der Waals surface area contributed by atoms with Gasteiger partial charge in [-0.15, -0.1) is 0 Å². The van der Waals surface area contributed by atoms with E-state index in [0.717, 1.165) is 83.5 Å². The van der Waals surface area contributed by atoms with E-state index in [4.69, 9.17) is 13.8 Å². The van der Waals surface area contributed by atoms with Crippen molar-refractivity contribution in [3.8, 4) is 0 Å². The van der Waals surface area contributed by atoms with Gasteiger partial charge in [-0.3, -0.25) is 18.6 Å². The number of phosphoric ester groups is 1. The van der Waals surface area contributed by atoms with Crippen molar-refractivity contribution in [3.05, 3.63) is 109 Å². The van der Waals surface area contributed by atoms with Crippen LogP contribution >= 0.6 is 7.82 Å². The average molecular weight is 1140 g/mol. The number of amides is 1.